The number of fused-ring (bicyclic) bond motifs is 1. The zero-order chi connectivity index (χ0) is 11.5. The first-order valence-electron chi connectivity index (χ1n) is 5.41. The minimum Gasteiger partial charge on any atom is -0.496 e. The van der Waals surface area contributed by atoms with Gasteiger partial charge in [0.2, 0.25) is 0 Å². The van der Waals surface area contributed by atoms with E-state index in [1.54, 1.807) is 13.3 Å². The molecule has 16 heavy (non-hydrogen) atoms. The normalized spacial score (nSPS) is 18.8. The first kappa shape index (κ1) is 10.9. The van der Waals surface area contributed by atoms with Gasteiger partial charge in [-0.25, -0.2) is 0 Å². The Balaban J connectivity index is 2.35. The Kier molecular flexibility index (Phi) is 3.08. The minimum atomic E-state index is -0.262. The predicted molar refractivity (Wildman–Crippen MR) is 58.2 cm³/mol. The van der Waals surface area contributed by atoms with Gasteiger partial charge >= 0.3 is 5.97 Å². The summed E-state index contributed by atoms with van der Waals surface area (Å²) in [6.07, 6.45) is 4.25. The third-order valence-corrected chi connectivity index (χ3v) is 2.77. The van der Waals surface area contributed by atoms with Gasteiger partial charge in [0.25, 0.3) is 0 Å². The highest BCUT2D eigenvalue weighted by molar-refractivity contribution is 5.66. The summed E-state index contributed by atoms with van der Waals surface area (Å²) in [6.45, 7) is 1.43. The zero-order valence-corrected chi connectivity index (χ0v) is 9.53. The van der Waals surface area contributed by atoms with Crippen LogP contribution in [0.2, 0.25) is 0 Å². The van der Waals surface area contributed by atoms with Gasteiger partial charge < -0.3 is 9.47 Å². The topological polar surface area (TPSA) is 48.4 Å². The second-order valence-corrected chi connectivity index (χ2v) is 3.87. The van der Waals surface area contributed by atoms with Crippen molar-refractivity contribution in [2.24, 2.45) is 0 Å². The van der Waals surface area contributed by atoms with Crippen LogP contribution >= 0.6 is 0 Å². The molecule has 1 heterocycles. The monoisotopic (exact) mass is 221 g/mol. The molecule has 0 aromatic carbocycles. The lowest BCUT2D eigenvalue weighted by molar-refractivity contribution is -0.147. The van der Waals surface area contributed by atoms with Gasteiger partial charge in [-0.3, -0.25) is 9.78 Å². The molecule has 1 aromatic rings. The average molecular weight is 221 g/mol. The van der Waals surface area contributed by atoms with Crippen LogP contribution in [0.5, 0.6) is 5.75 Å². The summed E-state index contributed by atoms with van der Waals surface area (Å²) in [5.74, 6) is 0.573. The van der Waals surface area contributed by atoms with Gasteiger partial charge in [0, 0.05) is 18.7 Å². The molecule has 0 amide bonds. The Labute approximate surface area is 94.6 Å². The molecule has 0 radical (unpaired) electrons. The van der Waals surface area contributed by atoms with Crippen molar-refractivity contribution in [3.63, 3.8) is 0 Å². The number of rotatable bonds is 2. The number of aromatic nitrogens is 1. The smallest absolute Gasteiger partial charge is 0.303 e. The number of esters is 1. The summed E-state index contributed by atoms with van der Waals surface area (Å²) in [4.78, 5) is 15.3. The van der Waals surface area contributed by atoms with Crippen LogP contribution in [-0.2, 0) is 16.0 Å². The van der Waals surface area contributed by atoms with Crippen molar-refractivity contribution in [1.29, 1.82) is 0 Å². The first-order valence-corrected chi connectivity index (χ1v) is 5.41. The van der Waals surface area contributed by atoms with Crippen LogP contribution < -0.4 is 4.74 Å². The first-order chi connectivity index (χ1) is 7.72. The van der Waals surface area contributed by atoms with Crippen LogP contribution in [0.1, 0.15) is 37.1 Å². The Morgan fingerprint density at radius 1 is 1.56 bits per heavy atom. The molecule has 1 aromatic heterocycles. The quantitative estimate of drug-likeness (QED) is 0.717. The lowest BCUT2D eigenvalue weighted by atomic mass is 9.93. The van der Waals surface area contributed by atoms with Crippen molar-refractivity contribution in [2.75, 3.05) is 7.11 Å². The van der Waals surface area contributed by atoms with Gasteiger partial charge in [-0.05, 0) is 25.3 Å². The summed E-state index contributed by atoms with van der Waals surface area (Å²) in [7, 11) is 1.64. The van der Waals surface area contributed by atoms with Gasteiger partial charge in [0.15, 0.2) is 0 Å². The van der Waals surface area contributed by atoms with Crippen LogP contribution in [0, 0.1) is 0 Å². The van der Waals surface area contributed by atoms with Crippen LogP contribution in [0.15, 0.2) is 12.3 Å². The lowest BCUT2D eigenvalue weighted by Crippen LogP contribution is -2.17. The van der Waals surface area contributed by atoms with E-state index in [9.17, 15) is 4.79 Å². The van der Waals surface area contributed by atoms with Crippen molar-refractivity contribution in [3.8, 4) is 5.75 Å². The van der Waals surface area contributed by atoms with E-state index >= 15 is 0 Å². The molecule has 1 aliphatic carbocycles. The molecule has 1 unspecified atom stereocenters. The molecular weight excluding hydrogens is 206 g/mol. The Morgan fingerprint density at radius 2 is 2.38 bits per heavy atom. The van der Waals surface area contributed by atoms with Gasteiger partial charge in [0.05, 0.1) is 12.8 Å². The van der Waals surface area contributed by atoms with E-state index in [0.717, 1.165) is 36.3 Å². The molecule has 0 saturated heterocycles. The number of nitrogens with zero attached hydrogens (tertiary/aromatic N) is 1. The number of carbonyl (C=O) groups is 1. The van der Waals surface area contributed by atoms with E-state index in [1.807, 2.05) is 6.07 Å². The molecule has 4 nitrogen and oxygen atoms in total. The largest absolute Gasteiger partial charge is 0.496 e. The molecule has 0 spiro atoms. The molecule has 4 heteroatoms. The maximum Gasteiger partial charge on any atom is 0.303 e. The Morgan fingerprint density at radius 3 is 3.06 bits per heavy atom. The van der Waals surface area contributed by atoms with Gasteiger partial charge in [-0.15, -0.1) is 0 Å². The fraction of sp³-hybridized carbons (Fsp3) is 0.500. The predicted octanol–water partition coefficient (Wildman–Crippen LogP) is 2.03. The van der Waals surface area contributed by atoms with Crippen molar-refractivity contribution in [1.82, 2.24) is 4.98 Å². The lowest BCUT2D eigenvalue weighted by Gasteiger charge is -2.25. The summed E-state index contributed by atoms with van der Waals surface area (Å²) in [5, 5.41) is 0. The number of pyridine rings is 1. The van der Waals surface area contributed by atoms with E-state index in [1.165, 1.54) is 6.92 Å². The van der Waals surface area contributed by atoms with E-state index in [2.05, 4.69) is 4.98 Å². The van der Waals surface area contributed by atoms with Gasteiger partial charge in [-0.2, -0.15) is 0 Å². The van der Waals surface area contributed by atoms with Crippen molar-refractivity contribution >= 4 is 5.97 Å². The van der Waals surface area contributed by atoms with Crippen molar-refractivity contribution in [3.05, 3.63) is 23.5 Å². The van der Waals surface area contributed by atoms with Gasteiger partial charge in [0.1, 0.15) is 11.9 Å². The summed E-state index contributed by atoms with van der Waals surface area (Å²) < 4.78 is 10.5. The van der Waals surface area contributed by atoms with E-state index < -0.39 is 0 Å². The number of ether oxygens (including phenoxy) is 2. The van der Waals surface area contributed by atoms with E-state index in [4.69, 9.17) is 9.47 Å². The van der Waals surface area contributed by atoms with Crippen LogP contribution in [0.25, 0.3) is 0 Å². The molecule has 0 bridgehead atoms. The third-order valence-electron chi connectivity index (χ3n) is 2.77. The van der Waals surface area contributed by atoms with E-state index in [-0.39, 0.29) is 12.1 Å². The Bertz CT molecular complexity index is 403. The Hall–Kier alpha value is -1.58. The highest BCUT2D eigenvalue weighted by Gasteiger charge is 2.26. The number of hydrogen-bond donors (Lipinski definition) is 0. The minimum absolute atomic E-state index is 0.212. The molecule has 0 N–H and O–H groups in total. The van der Waals surface area contributed by atoms with Crippen LogP contribution in [0.3, 0.4) is 0 Å². The maximum atomic E-state index is 11.0. The summed E-state index contributed by atoms with van der Waals surface area (Å²) >= 11 is 0. The van der Waals surface area contributed by atoms with Crippen molar-refractivity contribution in [2.45, 2.75) is 32.3 Å². The number of carbonyl (C=O) groups excluding carboxylic acids is 1. The number of methoxy groups -OCH3 is 1. The SMILES string of the molecule is COc1ccnc2c1CCCC2OC(C)=O. The highest BCUT2D eigenvalue weighted by Crippen LogP contribution is 2.35. The second-order valence-electron chi connectivity index (χ2n) is 3.87. The molecule has 86 valence electrons. The van der Waals surface area contributed by atoms with Crippen LogP contribution in [-0.4, -0.2) is 18.1 Å². The molecule has 1 aliphatic rings. The van der Waals surface area contributed by atoms with Crippen molar-refractivity contribution < 1.29 is 14.3 Å². The molecule has 2 rings (SSSR count). The fourth-order valence-corrected chi connectivity index (χ4v) is 2.13. The van der Waals surface area contributed by atoms with Gasteiger partial charge in [-0.1, -0.05) is 0 Å². The molecule has 0 fully saturated rings. The third kappa shape index (κ3) is 2.01. The summed E-state index contributed by atoms with van der Waals surface area (Å²) in [6, 6.07) is 1.84. The molecule has 1 atom stereocenters. The highest BCUT2D eigenvalue weighted by atomic mass is 16.5. The van der Waals surface area contributed by atoms with E-state index in [0.29, 0.717) is 0 Å². The number of hydrogen-bond acceptors (Lipinski definition) is 4. The zero-order valence-electron chi connectivity index (χ0n) is 9.53. The average Bonchev–Trinajstić information content (AvgIpc) is 2.28. The standard InChI is InChI=1S/C12H15NO3/c1-8(14)16-11-5-3-4-9-10(15-2)6-7-13-12(9)11/h6-7,11H,3-5H2,1-2H3. The maximum absolute atomic E-state index is 11.0. The summed E-state index contributed by atoms with van der Waals surface area (Å²) in [5.41, 5.74) is 1.92. The molecule has 0 saturated carbocycles. The second kappa shape index (κ2) is 4.51. The fourth-order valence-electron chi connectivity index (χ4n) is 2.13. The van der Waals surface area contributed by atoms with Crippen LogP contribution in [0.4, 0.5) is 0 Å². The molecule has 0 aliphatic heterocycles. The molecular formula is C12H15NO3.